The zero-order chi connectivity index (χ0) is 77.9. The van der Waals surface area contributed by atoms with E-state index in [0.717, 1.165) is 11.1 Å². The van der Waals surface area contributed by atoms with Gasteiger partial charge in [0.2, 0.25) is 35.3 Å². The van der Waals surface area contributed by atoms with Gasteiger partial charge in [-0.15, -0.1) is 20.4 Å². The molecule has 1 atom stereocenters. The minimum absolute atomic E-state index is 0. The van der Waals surface area contributed by atoms with Crippen LogP contribution in [0, 0.1) is 36.9 Å². The molecule has 3 aliphatic heterocycles. The number of piperazine rings is 2. The molecule has 35 heteroatoms. The average molecular weight is 1670 g/mol. The molecule has 3 aliphatic rings. The molecule has 0 spiro atoms. The average Bonchev–Trinajstić information content (AvgIpc) is 1.64. The van der Waals surface area contributed by atoms with Crippen LogP contribution < -0.4 is 21.3 Å². The van der Waals surface area contributed by atoms with Crippen molar-refractivity contribution < 1.29 is 116 Å². The van der Waals surface area contributed by atoms with Gasteiger partial charge in [0.05, 0.1) is 37.3 Å². The van der Waals surface area contributed by atoms with Gasteiger partial charge in [0.1, 0.15) is 29.0 Å². The van der Waals surface area contributed by atoms with E-state index < -0.39 is 47.6 Å². The normalized spacial score (nSPS) is 15.9. The molecule has 5 heterocycles. The summed E-state index contributed by atoms with van der Waals surface area (Å²) < 4.78 is 3.11. The van der Waals surface area contributed by atoms with Crippen LogP contribution in [0.25, 0.3) is 34.2 Å². The number of aromatic hydroxyl groups is 4. The standard InChI is InChI=1S/C74H100N18O16.Lu/c1-7-75-73(107)70-81-79-68(55-37-53(47(3)4)58(93)39-60(55)95)91(70)51-13-9-49(10-14-51)41-83-29-33-89(34-30-83)63(98)18-17-57(78-62(97)43-85-21-23-86(44-65(100)101)25-27-88(46-67(104)105)28-26-87(24-22-85)45-66(102)103)72(106)77-20-19-64(99)90-35-31-84(32-36-90)42-50-11-15-52(16-12-50)92-69(80-82-71(92)74(108)76-8-2)56-38-54(48(5)6)59(94)40-61(56)96;/h9-16,37-40,47-48,57,93-96H,7-8,17-36,41-46H2,1-6H3,(H,75,107)(H,76,108)(H,77,106)(H,78,97)(H,100,101)(H,102,103)(H,104,105);/t57-;/m1./s1. The summed E-state index contributed by atoms with van der Waals surface area (Å²) in [6.45, 7) is 16.2. The Labute approximate surface area is 661 Å². The fraction of sp³-hybridized carbons (Fsp3) is 0.500. The van der Waals surface area contributed by atoms with Gasteiger partial charge in [0.25, 0.3) is 11.8 Å². The Morgan fingerprint density at radius 2 is 0.780 bits per heavy atom. The van der Waals surface area contributed by atoms with Crippen LogP contribution in [0.1, 0.15) is 116 Å². The van der Waals surface area contributed by atoms with Crippen molar-refractivity contribution in [3.05, 3.63) is 107 Å². The number of aliphatic carboxylic acids is 3. The maximum absolute atomic E-state index is 14.3. The molecule has 11 N–H and O–H groups in total. The second-order valence-corrected chi connectivity index (χ2v) is 27.9. The van der Waals surface area contributed by atoms with E-state index in [-0.39, 0.29) is 222 Å². The summed E-state index contributed by atoms with van der Waals surface area (Å²) >= 11 is 0. The third-order valence-electron chi connectivity index (χ3n) is 19.4. The molecule has 597 valence electrons. The van der Waals surface area contributed by atoms with Crippen molar-refractivity contribution >= 4 is 53.4 Å². The molecule has 109 heavy (non-hydrogen) atoms. The quantitative estimate of drug-likeness (QED) is 0.0307. The number of carboxylic acid groups (broad SMARTS) is 3. The molecule has 34 nitrogen and oxygen atoms in total. The van der Waals surface area contributed by atoms with Crippen LogP contribution in [0.15, 0.2) is 72.8 Å². The molecule has 6 aromatic rings. The van der Waals surface area contributed by atoms with Gasteiger partial charge in [0, 0.05) is 211 Å². The number of carboxylic acids is 3. The molecule has 1 radical (unpaired) electrons. The Kier molecular flexibility index (Phi) is 31.5. The van der Waals surface area contributed by atoms with Gasteiger partial charge in [-0.3, -0.25) is 81.7 Å². The number of phenolic OH excluding ortho intramolecular Hbond substituents is 4. The van der Waals surface area contributed by atoms with Gasteiger partial charge in [0.15, 0.2) is 11.6 Å². The first-order chi connectivity index (χ1) is 51.7. The maximum atomic E-state index is 14.3. The summed E-state index contributed by atoms with van der Waals surface area (Å²) in [7, 11) is 0. The maximum Gasteiger partial charge on any atom is 0.317 e. The van der Waals surface area contributed by atoms with E-state index in [1.54, 1.807) is 64.5 Å². The molecule has 4 aromatic carbocycles. The van der Waals surface area contributed by atoms with Gasteiger partial charge in [-0.25, -0.2) is 0 Å². The van der Waals surface area contributed by atoms with Gasteiger partial charge < -0.3 is 66.8 Å². The Morgan fingerprint density at radius 1 is 0.431 bits per heavy atom. The number of nitrogens with zero attached hydrogens (tertiary/aromatic N) is 14. The molecule has 2 aromatic heterocycles. The molecule has 0 unspecified atom stereocenters. The Hall–Kier alpha value is -9.42. The number of hydrogen-bond donors (Lipinski definition) is 11. The first-order valence-corrected chi connectivity index (χ1v) is 36.6. The first kappa shape index (κ1) is 85.2. The van der Waals surface area contributed by atoms with Gasteiger partial charge in [-0.1, -0.05) is 52.0 Å². The number of rotatable bonds is 30. The summed E-state index contributed by atoms with van der Waals surface area (Å²) in [4.78, 5) is 133. The minimum Gasteiger partial charge on any atom is -0.508 e. The molecule has 3 saturated heterocycles. The zero-order valence-corrected chi connectivity index (χ0v) is 63.9. The molecule has 0 bridgehead atoms. The Balaban J connectivity index is 0.0000150. The van der Waals surface area contributed by atoms with Crippen molar-refractivity contribution in [2.24, 2.45) is 0 Å². The van der Waals surface area contributed by atoms with E-state index in [1.807, 2.05) is 76.2 Å². The molecule has 3 fully saturated rings. The van der Waals surface area contributed by atoms with Crippen LogP contribution >= 0.6 is 0 Å². The smallest absolute Gasteiger partial charge is 0.317 e. The predicted molar refractivity (Wildman–Crippen MR) is 396 cm³/mol. The summed E-state index contributed by atoms with van der Waals surface area (Å²) in [5.74, 6) is -6.40. The van der Waals surface area contributed by atoms with Crippen molar-refractivity contribution in [3.8, 4) is 57.1 Å². The fourth-order valence-corrected chi connectivity index (χ4v) is 13.5. The van der Waals surface area contributed by atoms with Crippen molar-refractivity contribution in [3.63, 3.8) is 0 Å². The van der Waals surface area contributed by atoms with Gasteiger partial charge in [-0.2, -0.15) is 0 Å². The molecule has 0 aliphatic carbocycles. The van der Waals surface area contributed by atoms with E-state index in [2.05, 4.69) is 51.5 Å². The molecular formula is C74H100LuN18O16. The number of carbonyl (C=O) groups excluding carboxylic acids is 6. The Bertz CT molecular complexity index is 4130. The predicted octanol–water partition coefficient (Wildman–Crippen LogP) is 1.99. The second-order valence-electron chi connectivity index (χ2n) is 27.9. The van der Waals surface area contributed by atoms with Crippen molar-refractivity contribution in [1.82, 2.24) is 90.0 Å². The van der Waals surface area contributed by atoms with Crippen LogP contribution in [0.3, 0.4) is 0 Å². The number of nitrogens with one attached hydrogen (secondary N) is 4. The molecule has 9 rings (SSSR count). The SMILES string of the molecule is CCNC(=O)c1nnc(-c2cc(C(C)C)c(O)cc2O)n1-c1ccc(CN2CCN(C(=O)CCNC(=O)[C@@H](CCC(=O)N3CCN(Cc4ccc(-n5c(C(=O)NCC)nnc5-c5cc(C(C)C)c(O)cc5O)cc4)CC3)NC(=O)CN3CCN(CC(=O)O)CCN(CC(=O)O)CCN(CC(=O)O)CC3)CC2)cc1.[Lu]. The van der Waals surface area contributed by atoms with Crippen molar-refractivity contribution in [2.45, 2.75) is 91.8 Å². The van der Waals surface area contributed by atoms with Crippen LogP contribution in [0.4, 0.5) is 0 Å². The third kappa shape index (κ3) is 23.6. The van der Waals surface area contributed by atoms with Gasteiger partial charge >= 0.3 is 17.9 Å². The summed E-state index contributed by atoms with van der Waals surface area (Å²) in [5.41, 5.74) is 4.66. The topological polar surface area (TPSA) is 431 Å². The van der Waals surface area contributed by atoms with E-state index in [4.69, 9.17) is 0 Å². The van der Waals surface area contributed by atoms with Gasteiger partial charge in [-0.05, 0) is 90.8 Å². The monoisotopic (exact) mass is 1670 g/mol. The number of carbonyl (C=O) groups is 9. The van der Waals surface area contributed by atoms with Crippen molar-refractivity contribution in [1.29, 1.82) is 0 Å². The number of aromatic nitrogens is 6. The van der Waals surface area contributed by atoms with E-state index in [0.29, 0.717) is 101 Å². The largest absolute Gasteiger partial charge is 0.508 e. The van der Waals surface area contributed by atoms with E-state index in [9.17, 15) is 78.9 Å². The summed E-state index contributed by atoms with van der Waals surface area (Å²) in [6, 6.07) is 19.4. The minimum atomic E-state index is -1.25. The van der Waals surface area contributed by atoms with Crippen LogP contribution in [0.2, 0.25) is 0 Å². The van der Waals surface area contributed by atoms with E-state index in [1.165, 1.54) is 12.1 Å². The van der Waals surface area contributed by atoms with Crippen LogP contribution in [0.5, 0.6) is 23.0 Å². The summed E-state index contributed by atoms with van der Waals surface area (Å²) in [5, 5.41) is 101. The number of benzene rings is 4. The molecule has 0 saturated carbocycles. The number of amides is 6. The third-order valence-corrected chi connectivity index (χ3v) is 19.4. The number of hydrogen-bond acceptors (Lipinski definition) is 23. The summed E-state index contributed by atoms with van der Waals surface area (Å²) in [6.07, 6.45) is -0.321. The number of phenols is 4. The Morgan fingerprint density at radius 3 is 1.13 bits per heavy atom. The first-order valence-electron chi connectivity index (χ1n) is 36.6. The molecule has 6 amide bonds. The van der Waals surface area contributed by atoms with Crippen molar-refractivity contribution in [2.75, 3.05) is 151 Å². The van der Waals surface area contributed by atoms with E-state index >= 15 is 0 Å². The zero-order valence-electron chi connectivity index (χ0n) is 62.3. The fourth-order valence-electron chi connectivity index (χ4n) is 13.5. The second kappa shape index (κ2) is 40.3. The molecular weight excluding hydrogens is 1570 g/mol. The van der Waals surface area contributed by atoms with Crippen LogP contribution in [-0.2, 0) is 46.7 Å². The van der Waals surface area contributed by atoms with Crippen LogP contribution in [-0.4, -0.2) is 314 Å².